The van der Waals surface area contributed by atoms with Gasteiger partial charge in [-0.1, -0.05) is 6.07 Å². The highest BCUT2D eigenvalue weighted by atomic mass is 32.2. The monoisotopic (exact) mass is 320 g/mol. The number of carboxylic acids is 1. The van der Waals surface area contributed by atoms with E-state index in [2.05, 4.69) is 0 Å². The van der Waals surface area contributed by atoms with E-state index in [1.807, 2.05) is 6.07 Å². The van der Waals surface area contributed by atoms with E-state index in [-0.39, 0.29) is 23.9 Å². The number of carbonyl (C=O) groups is 3. The van der Waals surface area contributed by atoms with E-state index in [4.69, 9.17) is 5.11 Å². The molecule has 1 aromatic carbocycles. The summed E-state index contributed by atoms with van der Waals surface area (Å²) in [7, 11) is 0. The van der Waals surface area contributed by atoms with Gasteiger partial charge in [0.1, 0.15) is 6.54 Å². The summed E-state index contributed by atoms with van der Waals surface area (Å²) in [6.07, 6.45) is 0.712. The lowest BCUT2D eigenvalue weighted by atomic mass is 9.97. The van der Waals surface area contributed by atoms with E-state index in [0.29, 0.717) is 31.1 Å². The Kier molecular flexibility index (Phi) is 4.06. The number of aromatic carboxylic acids is 1. The van der Waals surface area contributed by atoms with Gasteiger partial charge in [-0.15, -0.1) is 11.8 Å². The second-order valence-corrected chi connectivity index (χ2v) is 6.38. The van der Waals surface area contributed by atoms with Gasteiger partial charge in [-0.3, -0.25) is 9.59 Å². The highest BCUT2D eigenvalue weighted by Crippen LogP contribution is 2.21. The molecule has 7 heteroatoms. The maximum Gasteiger partial charge on any atom is 0.335 e. The Morgan fingerprint density at radius 2 is 2.09 bits per heavy atom. The molecule has 0 aromatic heterocycles. The normalized spacial score (nSPS) is 17.5. The van der Waals surface area contributed by atoms with Crippen LogP contribution in [0.5, 0.6) is 0 Å². The zero-order valence-electron chi connectivity index (χ0n) is 11.9. The van der Waals surface area contributed by atoms with E-state index in [1.165, 1.54) is 11.8 Å². The average molecular weight is 320 g/mol. The van der Waals surface area contributed by atoms with Gasteiger partial charge in [-0.05, 0) is 29.7 Å². The Labute approximate surface area is 132 Å². The molecule has 2 aliphatic heterocycles. The molecule has 0 saturated carbocycles. The van der Waals surface area contributed by atoms with Gasteiger partial charge in [0.25, 0.3) is 0 Å². The maximum absolute atomic E-state index is 12.3. The Bertz CT molecular complexity index is 646. The number of carbonyl (C=O) groups excluding carboxylic acids is 2. The summed E-state index contributed by atoms with van der Waals surface area (Å²) in [5.41, 5.74) is 2.20. The minimum atomic E-state index is -0.967. The summed E-state index contributed by atoms with van der Waals surface area (Å²) in [6, 6.07) is 5.05. The molecule has 0 bridgehead atoms. The van der Waals surface area contributed by atoms with E-state index in [0.717, 1.165) is 11.1 Å². The predicted octanol–water partition coefficient (Wildman–Crippen LogP) is 0.802. The van der Waals surface area contributed by atoms with Crippen molar-refractivity contribution in [1.29, 1.82) is 0 Å². The van der Waals surface area contributed by atoms with Crippen LogP contribution < -0.4 is 0 Å². The molecule has 1 saturated heterocycles. The molecule has 0 atom stereocenters. The van der Waals surface area contributed by atoms with Crippen LogP contribution in [0.15, 0.2) is 18.2 Å². The number of thioether (sulfide) groups is 1. The third kappa shape index (κ3) is 2.94. The lowest BCUT2D eigenvalue weighted by Crippen LogP contribution is -2.43. The molecular formula is C15H16N2O4S. The molecule has 2 aliphatic rings. The summed E-state index contributed by atoms with van der Waals surface area (Å²) in [5.74, 6) is -0.0342. The first kappa shape index (κ1) is 14.9. The van der Waals surface area contributed by atoms with Crippen LogP contribution in [-0.2, 0) is 22.6 Å². The van der Waals surface area contributed by atoms with Crippen LogP contribution in [0.25, 0.3) is 0 Å². The van der Waals surface area contributed by atoms with Gasteiger partial charge in [-0.2, -0.15) is 0 Å². The maximum atomic E-state index is 12.3. The first-order valence-corrected chi connectivity index (χ1v) is 8.18. The summed E-state index contributed by atoms with van der Waals surface area (Å²) >= 11 is 1.51. The van der Waals surface area contributed by atoms with Crippen LogP contribution in [0.3, 0.4) is 0 Å². The van der Waals surface area contributed by atoms with E-state index in [9.17, 15) is 14.4 Å². The molecule has 1 N–H and O–H groups in total. The largest absolute Gasteiger partial charge is 0.478 e. The van der Waals surface area contributed by atoms with Gasteiger partial charge in [0.05, 0.1) is 17.2 Å². The molecule has 0 aliphatic carbocycles. The number of fused-ring (bicyclic) bond motifs is 1. The SMILES string of the molecule is O=C(O)c1ccc2c(c1)CN(C(=O)CN1CSCC1=O)CC2. The molecule has 1 aromatic rings. The van der Waals surface area contributed by atoms with Crippen molar-refractivity contribution >= 4 is 29.5 Å². The number of benzene rings is 1. The highest BCUT2D eigenvalue weighted by molar-refractivity contribution is 8.00. The minimum absolute atomic E-state index is 0.00363. The first-order chi connectivity index (χ1) is 10.5. The molecule has 116 valence electrons. The fraction of sp³-hybridized carbons (Fsp3) is 0.400. The van der Waals surface area contributed by atoms with Crippen molar-refractivity contribution in [3.8, 4) is 0 Å². The van der Waals surface area contributed by atoms with Gasteiger partial charge in [0.15, 0.2) is 0 Å². The van der Waals surface area contributed by atoms with Crippen molar-refractivity contribution in [3.63, 3.8) is 0 Å². The van der Waals surface area contributed by atoms with E-state index >= 15 is 0 Å². The number of carboxylic acid groups (broad SMARTS) is 1. The van der Waals surface area contributed by atoms with Crippen molar-refractivity contribution in [2.24, 2.45) is 0 Å². The van der Waals surface area contributed by atoms with Crippen LogP contribution in [0, 0.1) is 0 Å². The van der Waals surface area contributed by atoms with Gasteiger partial charge in [0.2, 0.25) is 11.8 Å². The molecule has 1 fully saturated rings. The summed E-state index contributed by atoms with van der Waals surface area (Å²) < 4.78 is 0. The Morgan fingerprint density at radius 3 is 2.77 bits per heavy atom. The Hall–Kier alpha value is -2.02. The van der Waals surface area contributed by atoms with Crippen molar-refractivity contribution < 1.29 is 19.5 Å². The molecule has 3 rings (SSSR count). The van der Waals surface area contributed by atoms with Gasteiger partial charge in [0, 0.05) is 13.1 Å². The van der Waals surface area contributed by atoms with Crippen molar-refractivity contribution in [2.45, 2.75) is 13.0 Å². The lowest BCUT2D eigenvalue weighted by Gasteiger charge is -2.30. The second kappa shape index (κ2) is 6.00. The van der Waals surface area contributed by atoms with Crippen LogP contribution in [0.4, 0.5) is 0 Å². The zero-order valence-corrected chi connectivity index (χ0v) is 12.8. The van der Waals surface area contributed by atoms with Gasteiger partial charge >= 0.3 is 5.97 Å². The lowest BCUT2D eigenvalue weighted by molar-refractivity contribution is -0.138. The van der Waals surface area contributed by atoms with Crippen molar-refractivity contribution in [1.82, 2.24) is 9.80 Å². The van der Waals surface area contributed by atoms with Crippen molar-refractivity contribution in [2.75, 3.05) is 24.7 Å². The second-order valence-electron chi connectivity index (χ2n) is 5.42. The van der Waals surface area contributed by atoms with Gasteiger partial charge < -0.3 is 14.9 Å². The Morgan fingerprint density at radius 1 is 1.27 bits per heavy atom. The van der Waals surface area contributed by atoms with Crippen LogP contribution >= 0.6 is 11.8 Å². The quantitative estimate of drug-likeness (QED) is 0.891. The third-order valence-electron chi connectivity index (χ3n) is 3.97. The first-order valence-electron chi connectivity index (χ1n) is 7.03. The zero-order chi connectivity index (χ0) is 15.7. The Balaban J connectivity index is 1.70. The summed E-state index contributed by atoms with van der Waals surface area (Å²) in [5, 5.41) is 9.05. The number of rotatable bonds is 3. The average Bonchev–Trinajstić information content (AvgIpc) is 2.91. The number of nitrogens with zero attached hydrogens (tertiary/aromatic N) is 2. The minimum Gasteiger partial charge on any atom is -0.478 e. The van der Waals surface area contributed by atoms with Crippen molar-refractivity contribution in [3.05, 3.63) is 34.9 Å². The topological polar surface area (TPSA) is 77.9 Å². The van der Waals surface area contributed by atoms with E-state index in [1.54, 1.807) is 21.9 Å². The number of hydrogen-bond acceptors (Lipinski definition) is 4. The molecular weight excluding hydrogens is 304 g/mol. The predicted molar refractivity (Wildman–Crippen MR) is 81.6 cm³/mol. The number of hydrogen-bond donors (Lipinski definition) is 1. The molecule has 22 heavy (non-hydrogen) atoms. The third-order valence-corrected chi connectivity index (χ3v) is 4.91. The molecule has 0 spiro atoms. The van der Waals surface area contributed by atoms with Crippen LogP contribution in [-0.4, -0.2) is 57.4 Å². The molecule has 2 heterocycles. The fourth-order valence-corrected chi connectivity index (χ4v) is 3.61. The summed E-state index contributed by atoms with van der Waals surface area (Å²) in [4.78, 5) is 38.2. The summed E-state index contributed by atoms with van der Waals surface area (Å²) in [6.45, 7) is 1.12. The fourth-order valence-electron chi connectivity index (χ4n) is 2.71. The number of amides is 2. The van der Waals surface area contributed by atoms with Crippen LogP contribution in [0.2, 0.25) is 0 Å². The molecule has 2 amide bonds. The molecule has 0 unspecified atom stereocenters. The smallest absolute Gasteiger partial charge is 0.335 e. The highest BCUT2D eigenvalue weighted by Gasteiger charge is 2.27. The molecule has 0 radical (unpaired) electrons. The molecule has 6 nitrogen and oxygen atoms in total. The standard InChI is InChI=1S/C15H16N2O4S/c18-13(7-17-9-22-8-14(17)19)16-4-3-10-1-2-11(15(20)21)5-12(10)6-16/h1-2,5H,3-4,6-9H2,(H,20,21). The van der Waals surface area contributed by atoms with Gasteiger partial charge in [-0.25, -0.2) is 4.79 Å². The van der Waals surface area contributed by atoms with Crippen LogP contribution in [0.1, 0.15) is 21.5 Å². The van der Waals surface area contributed by atoms with E-state index < -0.39 is 5.97 Å².